The number of H-pyrrole nitrogens is 1. The highest BCUT2D eigenvalue weighted by atomic mass is 16.6. The lowest BCUT2D eigenvalue weighted by atomic mass is 9.48. The van der Waals surface area contributed by atoms with Gasteiger partial charge >= 0.3 is 17.9 Å². The number of aromatic amines is 1. The topological polar surface area (TPSA) is 154 Å². The van der Waals surface area contributed by atoms with Gasteiger partial charge in [0.1, 0.15) is 11.2 Å². The highest BCUT2D eigenvalue weighted by molar-refractivity contribution is 5.94. The number of nitrogens with one attached hydrogen (secondary N) is 1. The lowest BCUT2D eigenvalue weighted by Gasteiger charge is -2.61. The molecule has 1 aromatic heterocycles. The second-order valence-corrected chi connectivity index (χ2v) is 18.5. The van der Waals surface area contributed by atoms with Crippen molar-refractivity contribution in [2.75, 3.05) is 73.0 Å². The van der Waals surface area contributed by atoms with Crippen molar-refractivity contribution in [1.82, 2.24) is 14.8 Å². The van der Waals surface area contributed by atoms with Crippen LogP contribution in [0.5, 0.6) is 5.75 Å². The molecule has 60 heavy (non-hydrogen) atoms. The Morgan fingerprint density at radius 3 is 2.38 bits per heavy atom. The van der Waals surface area contributed by atoms with Crippen LogP contribution in [-0.4, -0.2) is 134 Å². The van der Waals surface area contributed by atoms with Crippen molar-refractivity contribution in [3.05, 3.63) is 70.9 Å². The van der Waals surface area contributed by atoms with Crippen LogP contribution in [0.4, 0.5) is 5.69 Å². The zero-order valence-corrected chi connectivity index (χ0v) is 36.4. The number of ether oxygens (including phenoxy) is 4. The van der Waals surface area contributed by atoms with E-state index >= 15 is 4.79 Å². The molecule has 0 spiro atoms. The fourth-order valence-corrected chi connectivity index (χ4v) is 12.8. The summed E-state index contributed by atoms with van der Waals surface area (Å²) in [4.78, 5) is 52.9. The van der Waals surface area contributed by atoms with Crippen molar-refractivity contribution in [2.24, 2.45) is 11.3 Å². The highest BCUT2D eigenvalue weighted by Gasteiger charge is 2.73. The summed E-state index contributed by atoms with van der Waals surface area (Å²) >= 11 is 0. The number of anilines is 1. The fourth-order valence-electron chi connectivity index (χ4n) is 12.8. The Hall–Kier alpha value is -4.43. The molecule has 4 aliphatic heterocycles. The molecule has 3 aromatic rings. The molecule has 5 heterocycles. The molecule has 0 radical (unpaired) electrons. The van der Waals surface area contributed by atoms with Crippen LogP contribution in [0.3, 0.4) is 0 Å². The number of methoxy groups -OCH3 is 3. The quantitative estimate of drug-likeness (QED) is 0.157. The van der Waals surface area contributed by atoms with Gasteiger partial charge in [-0.2, -0.15) is 0 Å². The number of hydrogen-bond acceptors (Lipinski definition) is 12. The summed E-state index contributed by atoms with van der Waals surface area (Å²) in [5.41, 5.74) is -1.62. The first-order valence-electron chi connectivity index (χ1n) is 21.5. The monoisotopic (exact) mass is 826 g/mol. The predicted molar refractivity (Wildman–Crippen MR) is 227 cm³/mol. The third kappa shape index (κ3) is 6.12. The van der Waals surface area contributed by atoms with Crippen molar-refractivity contribution >= 4 is 34.5 Å². The van der Waals surface area contributed by atoms with Crippen molar-refractivity contribution < 1.29 is 43.5 Å². The Bertz CT molecular complexity index is 2220. The first kappa shape index (κ1) is 42.3. The number of piperidine rings is 1. The Labute approximate surface area is 353 Å². The zero-order valence-electron chi connectivity index (χ0n) is 36.4. The normalized spacial score (nSPS) is 34.7. The van der Waals surface area contributed by atoms with Gasteiger partial charge in [0.2, 0.25) is 5.60 Å². The summed E-state index contributed by atoms with van der Waals surface area (Å²) in [6.45, 7) is 8.58. The molecule has 5 aliphatic rings. The molecule has 1 saturated carbocycles. The predicted octanol–water partition coefficient (Wildman–Crippen LogP) is 4.63. The van der Waals surface area contributed by atoms with E-state index in [0.29, 0.717) is 82.6 Å². The Morgan fingerprint density at radius 1 is 0.967 bits per heavy atom. The number of benzene rings is 2. The van der Waals surface area contributed by atoms with Crippen molar-refractivity contribution in [1.29, 1.82) is 0 Å². The molecule has 2 saturated heterocycles. The zero-order chi connectivity index (χ0) is 43.0. The molecule has 3 fully saturated rings. The van der Waals surface area contributed by atoms with E-state index in [1.165, 1.54) is 21.1 Å². The minimum absolute atomic E-state index is 0.0992. The summed E-state index contributed by atoms with van der Waals surface area (Å²) < 4.78 is 23.8. The van der Waals surface area contributed by atoms with Gasteiger partial charge in [-0.05, 0) is 74.2 Å². The maximum Gasteiger partial charge on any atom is 0.341 e. The summed E-state index contributed by atoms with van der Waals surface area (Å²) in [6.07, 6.45) is 5.82. The van der Waals surface area contributed by atoms with Crippen molar-refractivity contribution in [3.8, 4) is 5.75 Å². The molecule has 8 rings (SSSR count). The molecule has 324 valence electrons. The van der Waals surface area contributed by atoms with E-state index in [2.05, 4.69) is 26.9 Å². The molecule has 9 atom stereocenters. The second-order valence-electron chi connectivity index (χ2n) is 18.5. The van der Waals surface area contributed by atoms with E-state index in [-0.39, 0.29) is 18.4 Å². The van der Waals surface area contributed by atoms with E-state index in [1.807, 2.05) is 69.3 Å². The average molecular weight is 827 g/mol. The summed E-state index contributed by atoms with van der Waals surface area (Å²) in [7, 11) is 8.21. The van der Waals surface area contributed by atoms with E-state index in [1.54, 1.807) is 7.11 Å². The lowest BCUT2D eigenvalue weighted by molar-refractivity contribution is -0.224. The Balaban J connectivity index is 1.47. The maximum absolute atomic E-state index is 15.4. The van der Waals surface area contributed by atoms with Gasteiger partial charge in [0.25, 0.3) is 0 Å². The second kappa shape index (κ2) is 15.2. The molecule has 1 unspecified atom stereocenters. The number of nitrogens with zero attached hydrogens (tertiary/aromatic N) is 3. The van der Waals surface area contributed by atoms with Gasteiger partial charge in [-0.15, -0.1) is 0 Å². The Morgan fingerprint density at radius 2 is 1.72 bits per heavy atom. The van der Waals surface area contributed by atoms with Crippen LogP contribution in [0.2, 0.25) is 0 Å². The molecular weight excluding hydrogens is 765 g/mol. The molecule has 1 aliphatic carbocycles. The van der Waals surface area contributed by atoms with Gasteiger partial charge in [0.05, 0.1) is 26.9 Å². The number of rotatable bonds is 9. The number of para-hydroxylation sites is 1. The summed E-state index contributed by atoms with van der Waals surface area (Å²) in [5.74, 6) is -1.54. The third-order valence-electron chi connectivity index (χ3n) is 15.2. The summed E-state index contributed by atoms with van der Waals surface area (Å²) in [6, 6.07) is 11.9. The van der Waals surface area contributed by atoms with E-state index in [9.17, 15) is 19.8 Å². The van der Waals surface area contributed by atoms with Gasteiger partial charge in [0, 0.05) is 104 Å². The van der Waals surface area contributed by atoms with Crippen LogP contribution in [0.1, 0.15) is 81.7 Å². The summed E-state index contributed by atoms with van der Waals surface area (Å²) in [5, 5.41) is 26.0. The molecule has 13 nitrogen and oxygen atoms in total. The number of aromatic nitrogens is 1. The fraction of sp³-hybridized carbons (Fsp3) is 0.596. The number of fused-ring (bicyclic) bond motifs is 5. The minimum Gasteiger partial charge on any atom is -0.496 e. The van der Waals surface area contributed by atoms with Gasteiger partial charge in [-0.1, -0.05) is 44.2 Å². The SMILES string of the molecule is CC[C@]1(O)C[C@@H]2CN(CCc3c([nH]c4ccccc34)[C@@](C(=O)OC)(c3cc([C@]45CCN6CC=C[C@](CC)([C@H]64)[C@@H](OC(C)=O)[C@](O)(C(=O)OC)C5)c(N(C)C)cc3OC)C2)C1. The van der Waals surface area contributed by atoms with Crippen LogP contribution in [-0.2, 0) is 45.8 Å². The van der Waals surface area contributed by atoms with Crippen LogP contribution in [0.15, 0.2) is 48.6 Å². The van der Waals surface area contributed by atoms with Crippen LogP contribution >= 0.6 is 0 Å². The van der Waals surface area contributed by atoms with Crippen LogP contribution in [0, 0.1) is 11.3 Å². The molecule has 3 N–H and O–H groups in total. The minimum atomic E-state index is -2.23. The van der Waals surface area contributed by atoms with E-state index in [0.717, 1.165) is 33.4 Å². The van der Waals surface area contributed by atoms with E-state index < -0.39 is 51.5 Å². The molecular formula is C47H62N4O9. The number of hydrogen-bond donors (Lipinski definition) is 3. The number of esters is 3. The largest absolute Gasteiger partial charge is 0.496 e. The lowest BCUT2D eigenvalue weighted by Crippen LogP contribution is -2.73. The van der Waals surface area contributed by atoms with Gasteiger partial charge in [-0.25, -0.2) is 4.79 Å². The molecule has 2 bridgehead atoms. The van der Waals surface area contributed by atoms with Crippen molar-refractivity contribution in [3.63, 3.8) is 0 Å². The first-order valence-corrected chi connectivity index (χ1v) is 21.5. The number of carbonyl (C=O) groups excluding carboxylic acids is 3. The highest BCUT2D eigenvalue weighted by Crippen LogP contribution is 2.64. The smallest absolute Gasteiger partial charge is 0.341 e. The molecule has 2 aromatic carbocycles. The molecule has 13 heteroatoms. The number of aliphatic hydroxyl groups is 2. The van der Waals surface area contributed by atoms with Crippen molar-refractivity contribution in [2.45, 2.75) is 99.9 Å². The van der Waals surface area contributed by atoms with Gasteiger partial charge in [0.15, 0.2) is 6.10 Å². The van der Waals surface area contributed by atoms with Gasteiger partial charge in [-0.3, -0.25) is 19.4 Å². The van der Waals surface area contributed by atoms with Crippen LogP contribution in [0.25, 0.3) is 10.9 Å². The third-order valence-corrected chi connectivity index (χ3v) is 15.2. The first-order chi connectivity index (χ1) is 28.6. The Kier molecular flexibility index (Phi) is 10.7. The standard InChI is InChI=1S/C47H62N4O9/c1-9-43(55)24-30-25-46(41(53)58-7,38-32(16-20-50(26-30)28-43)31-14-11-12-15-35(31)48-38)34-22-33(36(49(4)5)23-37(34)57-6)45-18-21-51-19-13-17-44(10-2,39(45)51)40(60-29(3)52)47(56,27-45)42(54)59-8/h11-15,17,22-23,30,39-40,48,55-56H,9-10,16,18-21,24-28H2,1-8H3/t30-,39-,40+,43-,44+,45+,46-,47-/m0/s1. The molecule has 0 amide bonds. The average Bonchev–Trinajstić information content (AvgIpc) is 3.82. The van der Waals surface area contributed by atoms with Gasteiger partial charge < -0.3 is 39.0 Å². The number of carbonyl (C=O) groups is 3. The van der Waals surface area contributed by atoms with E-state index in [4.69, 9.17) is 18.9 Å². The maximum atomic E-state index is 15.4. The van der Waals surface area contributed by atoms with Crippen LogP contribution < -0.4 is 9.64 Å².